The summed E-state index contributed by atoms with van der Waals surface area (Å²) in [5.41, 5.74) is 1.52. The third kappa shape index (κ3) is 1.70. The molecule has 96 valence electrons. The maximum atomic E-state index is 4.71. The summed E-state index contributed by atoms with van der Waals surface area (Å²) in [4.78, 5) is 14.4. The van der Waals surface area contributed by atoms with Crippen LogP contribution in [0, 0.1) is 6.92 Å². The van der Waals surface area contributed by atoms with E-state index < -0.39 is 0 Å². The molecule has 0 unspecified atom stereocenters. The summed E-state index contributed by atoms with van der Waals surface area (Å²) in [5, 5.41) is 1.34. The fraction of sp³-hybridized carbons (Fsp3) is 0.571. The SMILES string of the molecule is CCN(CC)c1nc(C)nc2sc3c(c12)CCC3. The van der Waals surface area contributed by atoms with Crippen LogP contribution in [-0.4, -0.2) is 23.1 Å². The van der Waals surface area contributed by atoms with Crippen LogP contribution in [0.15, 0.2) is 0 Å². The third-order valence-electron chi connectivity index (χ3n) is 3.72. The largest absolute Gasteiger partial charge is 0.357 e. The lowest BCUT2D eigenvalue weighted by Gasteiger charge is -2.21. The van der Waals surface area contributed by atoms with E-state index in [0.717, 1.165) is 24.7 Å². The summed E-state index contributed by atoms with van der Waals surface area (Å²) in [7, 11) is 0. The molecule has 2 aromatic heterocycles. The Balaban J connectivity index is 2.28. The van der Waals surface area contributed by atoms with Gasteiger partial charge in [0.05, 0.1) is 5.39 Å². The monoisotopic (exact) mass is 261 g/mol. The van der Waals surface area contributed by atoms with E-state index in [0.29, 0.717) is 0 Å². The number of anilines is 1. The van der Waals surface area contributed by atoms with E-state index in [1.807, 2.05) is 18.3 Å². The Kier molecular flexibility index (Phi) is 2.98. The average molecular weight is 261 g/mol. The molecule has 1 aliphatic rings. The zero-order chi connectivity index (χ0) is 12.7. The lowest BCUT2D eigenvalue weighted by molar-refractivity contribution is 0.842. The number of hydrogen-bond acceptors (Lipinski definition) is 4. The fourth-order valence-corrected chi connectivity index (χ4v) is 4.13. The average Bonchev–Trinajstić information content (AvgIpc) is 2.89. The van der Waals surface area contributed by atoms with Crippen molar-refractivity contribution in [3.8, 4) is 0 Å². The van der Waals surface area contributed by atoms with Gasteiger partial charge in [-0.2, -0.15) is 0 Å². The fourth-order valence-electron chi connectivity index (χ4n) is 2.83. The van der Waals surface area contributed by atoms with E-state index in [9.17, 15) is 0 Å². The van der Waals surface area contributed by atoms with E-state index in [4.69, 9.17) is 4.98 Å². The Hall–Kier alpha value is -1.16. The van der Waals surface area contributed by atoms with E-state index in [1.54, 1.807) is 4.88 Å². The predicted molar refractivity (Wildman–Crippen MR) is 77.7 cm³/mol. The molecule has 0 radical (unpaired) electrons. The molecule has 4 heteroatoms. The molecule has 0 aliphatic heterocycles. The van der Waals surface area contributed by atoms with Gasteiger partial charge in [0.2, 0.25) is 0 Å². The topological polar surface area (TPSA) is 29.0 Å². The van der Waals surface area contributed by atoms with Crippen LogP contribution in [0.5, 0.6) is 0 Å². The molecule has 18 heavy (non-hydrogen) atoms. The van der Waals surface area contributed by atoms with Crippen molar-refractivity contribution in [3.63, 3.8) is 0 Å². The molecule has 0 amide bonds. The summed E-state index contributed by atoms with van der Waals surface area (Å²) in [6.45, 7) is 8.40. The number of aromatic nitrogens is 2. The Labute approximate surface area is 112 Å². The predicted octanol–water partition coefficient (Wildman–Crippen LogP) is 3.33. The minimum absolute atomic E-state index is 0.893. The van der Waals surface area contributed by atoms with E-state index in [-0.39, 0.29) is 0 Å². The van der Waals surface area contributed by atoms with Crippen molar-refractivity contribution in [2.24, 2.45) is 0 Å². The van der Waals surface area contributed by atoms with Crippen LogP contribution in [0.2, 0.25) is 0 Å². The van der Waals surface area contributed by atoms with Gasteiger partial charge in [0.25, 0.3) is 0 Å². The number of hydrogen-bond donors (Lipinski definition) is 0. The number of aryl methyl sites for hydroxylation is 3. The van der Waals surface area contributed by atoms with Crippen molar-refractivity contribution in [1.29, 1.82) is 0 Å². The second kappa shape index (κ2) is 4.50. The summed E-state index contributed by atoms with van der Waals surface area (Å²) < 4.78 is 0. The maximum absolute atomic E-state index is 4.71. The van der Waals surface area contributed by atoms with Gasteiger partial charge in [0.1, 0.15) is 16.5 Å². The van der Waals surface area contributed by atoms with Crippen molar-refractivity contribution in [3.05, 3.63) is 16.3 Å². The van der Waals surface area contributed by atoms with Gasteiger partial charge < -0.3 is 4.90 Å². The van der Waals surface area contributed by atoms with E-state index in [2.05, 4.69) is 23.7 Å². The molecule has 0 saturated carbocycles. The highest BCUT2D eigenvalue weighted by molar-refractivity contribution is 7.19. The number of fused-ring (bicyclic) bond motifs is 3. The standard InChI is InChI=1S/C14H19N3S/c1-4-17(5-2)13-12-10-7-6-8-11(10)18-14(12)16-9(3)15-13/h4-8H2,1-3H3. The first-order valence-electron chi connectivity index (χ1n) is 6.78. The lowest BCUT2D eigenvalue weighted by Crippen LogP contribution is -2.23. The summed E-state index contributed by atoms with van der Waals surface area (Å²) in [6.07, 6.45) is 3.73. The van der Waals surface area contributed by atoms with Gasteiger partial charge in [-0.05, 0) is 45.6 Å². The van der Waals surface area contributed by atoms with Gasteiger partial charge in [-0.1, -0.05) is 0 Å². The van der Waals surface area contributed by atoms with Crippen LogP contribution < -0.4 is 4.90 Å². The Bertz CT molecular complexity index is 584. The third-order valence-corrected chi connectivity index (χ3v) is 4.91. The second-order valence-corrected chi connectivity index (χ2v) is 5.89. The van der Waals surface area contributed by atoms with Crippen molar-refractivity contribution >= 4 is 27.4 Å². The summed E-state index contributed by atoms with van der Waals surface area (Å²) >= 11 is 1.88. The molecule has 2 heterocycles. The molecule has 2 aromatic rings. The normalized spacial score (nSPS) is 14.2. The van der Waals surface area contributed by atoms with Gasteiger partial charge in [0, 0.05) is 18.0 Å². The van der Waals surface area contributed by atoms with Gasteiger partial charge in [-0.3, -0.25) is 0 Å². The minimum atomic E-state index is 0.893. The molecule has 3 rings (SSSR count). The van der Waals surface area contributed by atoms with Crippen LogP contribution in [0.3, 0.4) is 0 Å². The zero-order valence-corrected chi connectivity index (χ0v) is 12.1. The van der Waals surface area contributed by atoms with Crippen LogP contribution in [0.25, 0.3) is 10.2 Å². The molecule has 0 spiro atoms. The molecule has 0 N–H and O–H groups in total. The minimum Gasteiger partial charge on any atom is -0.357 e. The summed E-state index contributed by atoms with van der Waals surface area (Å²) in [6, 6.07) is 0. The Morgan fingerprint density at radius 3 is 2.67 bits per heavy atom. The first kappa shape index (κ1) is 11.9. The van der Waals surface area contributed by atoms with Crippen molar-refractivity contribution in [1.82, 2.24) is 9.97 Å². The van der Waals surface area contributed by atoms with Gasteiger partial charge in [-0.15, -0.1) is 11.3 Å². The smallest absolute Gasteiger partial charge is 0.141 e. The number of thiophene rings is 1. The highest BCUT2D eigenvalue weighted by atomic mass is 32.1. The van der Waals surface area contributed by atoms with Crippen molar-refractivity contribution < 1.29 is 0 Å². The van der Waals surface area contributed by atoms with Gasteiger partial charge >= 0.3 is 0 Å². The van der Waals surface area contributed by atoms with Crippen LogP contribution in [-0.2, 0) is 12.8 Å². The molecule has 0 atom stereocenters. The molecule has 0 bridgehead atoms. The molecular formula is C14H19N3S. The highest BCUT2D eigenvalue weighted by Crippen LogP contribution is 2.40. The van der Waals surface area contributed by atoms with Crippen LogP contribution in [0.4, 0.5) is 5.82 Å². The lowest BCUT2D eigenvalue weighted by atomic mass is 10.2. The molecule has 0 saturated heterocycles. The van der Waals surface area contributed by atoms with Crippen LogP contribution >= 0.6 is 11.3 Å². The van der Waals surface area contributed by atoms with Gasteiger partial charge in [0.15, 0.2) is 0 Å². The zero-order valence-electron chi connectivity index (χ0n) is 11.3. The van der Waals surface area contributed by atoms with Gasteiger partial charge in [-0.25, -0.2) is 9.97 Å². The quantitative estimate of drug-likeness (QED) is 0.848. The first-order chi connectivity index (χ1) is 8.74. The van der Waals surface area contributed by atoms with E-state index >= 15 is 0 Å². The van der Waals surface area contributed by atoms with Crippen molar-refractivity contribution in [2.75, 3.05) is 18.0 Å². The number of nitrogens with zero attached hydrogens (tertiary/aromatic N) is 3. The Morgan fingerprint density at radius 2 is 1.94 bits per heavy atom. The molecule has 1 aliphatic carbocycles. The number of rotatable bonds is 3. The second-order valence-electron chi connectivity index (χ2n) is 4.80. The summed E-state index contributed by atoms with van der Waals surface area (Å²) in [5.74, 6) is 2.05. The van der Waals surface area contributed by atoms with Crippen LogP contribution in [0.1, 0.15) is 36.5 Å². The highest BCUT2D eigenvalue weighted by Gasteiger charge is 2.23. The molecule has 0 fully saturated rings. The molecular weight excluding hydrogens is 242 g/mol. The Morgan fingerprint density at radius 1 is 1.17 bits per heavy atom. The van der Waals surface area contributed by atoms with Crippen molar-refractivity contribution in [2.45, 2.75) is 40.0 Å². The first-order valence-corrected chi connectivity index (χ1v) is 7.60. The molecule has 0 aromatic carbocycles. The van der Waals surface area contributed by atoms with E-state index in [1.165, 1.54) is 35.0 Å². The maximum Gasteiger partial charge on any atom is 0.141 e. The molecule has 3 nitrogen and oxygen atoms in total.